The van der Waals surface area contributed by atoms with E-state index in [0.29, 0.717) is 6.54 Å². The van der Waals surface area contributed by atoms with Gasteiger partial charge in [0.25, 0.3) is 0 Å². The van der Waals surface area contributed by atoms with Crippen LogP contribution in [-0.2, 0) is 4.79 Å². The minimum Gasteiger partial charge on any atom is -0.508 e. The lowest BCUT2D eigenvalue weighted by atomic mass is 10.0. The number of nitrogens with zero attached hydrogens (tertiary/aromatic N) is 1. The molecule has 0 fully saturated rings. The molecular formula is C13H15IN2O2S. The van der Waals surface area contributed by atoms with Gasteiger partial charge in [0.1, 0.15) is 5.75 Å². The van der Waals surface area contributed by atoms with E-state index >= 15 is 0 Å². The van der Waals surface area contributed by atoms with Gasteiger partial charge in [-0.3, -0.25) is 8.77 Å². The third-order valence-electron chi connectivity index (χ3n) is 3.05. The Bertz CT molecular complexity index is 612. The number of phenolic OH excluding ortho intramolecular Hbond substituents is 1. The van der Waals surface area contributed by atoms with Crippen molar-refractivity contribution in [2.45, 2.75) is 19.8 Å². The van der Waals surface area contributed by atoms with Crippen LogP contribution < -0.4 is 5.32 Å². The molecule has 1 heterocycles. The van der Waals surface area contributed by atoms with Gasteiger partial charge >= 0.3 is 0 Å². The van der Waals surface area contributed by atoms with Crippen LogP contribution in [0, 0.1) is 0 Å². The molecule has 1 amide bonds. The number of aromatic nitrogens is 1. The van der Waals surface area contributed by atoms with Crippen LogP contribution in [-0.4, -0.2) is 21.5 Å². The number of hydrogen-bond acceptors (Lipinski definition) is 3. The Morgan fingerprint density at radius 2 is 2.32 bits per heavy atom. The molecule has 6 heteroatoms. The van der Waals surface area contributed by atoms with Crippen LogP contribution in [0.15, 0.2) is 24.4 Å². The molecule has 2 aromatic rings. The normalized spacial score (nSPS) is 12.6. The van der Waals surface area contributed by atoms with Crippen LogP contribution in [0.4, 0.5) is 0 Å². The van der Waals surface area contributed by atoms with Crippen LogP contribution in [0.1, 0.15) is 25.3 Å². The standard InChI is InChI=1S/C13H15IN2O2S/c1-8(6-15-9(2)17)12-7-16(19-14)13-4-3-10(18)5-11(12)13/h3-5,7-8,18H,6H2,1-2H3,(H,15,17). The lowest BCUT2D eigenvalue weighted by Crippen LogP contribution is -2.24. The minimum absolute atomic E-state index is 0.0262. The highest BCUT2D eigenvalue weighted by Crippen LogP contribution is 2.34. The zero-order valence-electron chi connectivity index (χ0n) is 10.7. The molecule has 2 rings (SSSR count). The number of carbonyl (C=O) groups excluding carboxylic acids is 1. The van der Waals surface area contributed by atoms with Crippen LogP contribution in [0.25, 0.3) is 10.9 Å². The summed E-state index contributed by atoms with van der Waals surface area (Å²) in [6.07, 6.45) is 2.06. The molecule has 0 spiro atoms. The van der Waals surface area contributed by atoms with E-state index in [1.165, 1.54) is 6.92 Å². The highest BCUT2D eigenvalue weighted by molar-refractivity contribution is 14.2. The van der Waals surface area contributed by atoms with Crippen LogP contribution in [0.2, 0.25) is 0 Å². The molecule has 0 aliphatic carbocycles. The lowest BCUT2D eigenvalue weighted by Gasteiger charge is -2.10. The summed E-state index contributed by atoms with van der Waals surface area (Å²) in [5, 5.41) is 13.5. The van der Waals surface area contributed by atoms with Gasteiger partial charge in [0.2, 0.25) is 5.91 Å². The van der Waals surface area contributed by atoms with Crippen molar-refractivity contribution < 1.29 is 9.90 Å². The average molecular weight is 390 g/mol. The summed E-state index contributed by atoms with van der Waals surface area (Å²) >= 11 is 2.23. The first-order chi connectivity index (χ1) is 9.02. The molecule has 102 valence electrons. The van der Waals surface area contributed by atoms with Gasteiger partial charge in [0.05, 0.1) is 5.52 Å². The molecule has 19 heavy (non-hydrogen) atoms. The van der Waals surface area contributed by atoms with Gasteiger partial charge < -0.3 is 10.4 Å². The van der Waals surface area contributed by atoms with Gasteiger partial charge in [-0.1, -0.05) is 6.92 Å². The van der Waals surface area contributed by atoms with Crippen molar-refractivity contribution in [1.29, 1.82) is 0 Å². The molecule has 2 N–H and O–H groups in total. The number of benzene rings is 1. The third kappa shape index (κ3) is 3.17. The molecule has 1 aromatic carbocycles. The Balaban J connectivity index is 2.41. The van der Waals surface area contributed by atoms with Crippen molar-refractivity contribution in [2.75, 3.05) is 6.54 Å². The Hall–Kier alpha value is -0.890. The molecule has 0 bridgehead atoms. The highest BCUT2D eigenvalue weighted by Gasteiger charge is 2.15. The number of rotatable bonds is 4. The molecular weight excluding hydrogens is 375 g/mol. The van der Waals surface area contributed by atoms with Crippen molar-refractivity contribution in [3.05, 3.63) is 30.0 Å². The second kappa shape index (κ2) is 6.04. The largest absolute Gasteiger partial charge is 0.508 e. The number of aromatic hydroxyl groups is 1. The summed E-state index contributed by atoms with van der Waals surface area (Å²) in [6.45, 7) is 4.18. The fraction of sp³-hybridized carbons (Fsp3) is 0.308. The monoisotopic (exact) mass is 390 g/mol. The number of phenols is 1. The zero-order chi connectivity index (χ0) is 14.0. The summed E-state index contributed by atoms with van der Waals surface area (Å²) in [5.74, 6) is 0.427. The molecule has 4 nitrogen and oxygen atoms in total. The first-order valence-corrected chi connectivity index (χ1v) is 9.22. The van der Waals surface area contributed by atoms with Gasteiger partial charge in [0.15, 0.2) is 0 Å². The van der Waals surface area contributed by atoms with E-state index < -0.39 is 0 Å². The number of nitrogens with one attached hydrogen (secondary N) is 1. The second-order valence-corrected chi connectivity index (χ2v) is 6.23. The minimum atomic E-state index is -0.0262. The SMILES string of the molecule is CC(=O)NCC(C)c1cn(SI)c2ccc(O)cc12. The quantitative estimate of drug-likeness (QED) is 0.787. The maximum atomic E-state index is 11.0. The molecule has 0 saturated carbocycles. The van der Waals surface area contributed by atoms with Gasteiger partial charge in [-0.05, 0) is 23.8 Å². The Labute approximate surface area is 128 Å². The Morgan fingerprint density at radius 1 is 1.58 bits per heavy atom. The topological polar surface area (TPSA) is 54.3 Å². The predicted octanol–water partition coefficient (Wildman–Crippen LogP) is 3.43. The summed E-state index contributed by atoms with van der Waals surface area (Å²) in [7, 11) is 1.58. The van der Waals surface area contributed by atoms with Gasteiger partial charge in [-0.2, -0.15) is 0 Å². The maximum Gasteiger partial charge on any atom is 0.216 e. The summed E-state index contributed by atoms with van der Waals surface area (Å²) < 4.78 is 2.06. The molecule has 1 atom stereocenters. The van der Waals surface area contributed by atoms with Crippen molar-refractivity contribution in [2.24, 2.45) is 0 Å². The summed E-state index contributed by atoms with van der Waals surface area (Å²) in [4.78, 5) is 11.0. The van der Waals surface area contributed by atoms with E-state index in [1.54, 1.807) is 21.3 Å². The predicted molar refractivity (Wildman–Crippen MR) is 87.7 cm³/mol. The molecule has 1 aromatic heterocycles. The third-order valence-corrected chi connectivity index (χ3v) is 4.77. The first-order valence-electron chi connectivity index (χ1n) is 5.90. The average Bonchev–Trinajstić information content (AvgIpc) is 2.73. The van der Waals surface area contributed by atoms with Gasteiger partial charge in [0, 0.05) is 61.3 Å². The van der Waals surface area contributed by atoms with E-state index in [9.17, 15) is 9.90 Å². The molecule has 0 saturated heterocycles. The van der Waals surface area contributed by atoms with Crippen molar-refractivity contribution >= 4 is 47.1 Å². The Morgan fingerprint density at radius 3 is 2.95 bits per heavy atom. The van der Waals surface area contributed by atoms with E-state index in [1.807, 2.05) is 6.07 Å². The van der Waals surface area contributed by atoms with Crippen molar-refractivity contribution in [3.63, 3.8) is 0 Å². The fourth-order valence-electron chi connectivity index (χ4n) is 2.07. The maximum absolute atomic E-state index is 11.0. The van der Waals surface area contributed by atoms with Crippen LogP contribution in [0.3, 0.4) is 0 Å². The first kappa shape index (κ1) is 14.5. The van der Waals surface area contributed by atoms with Crippen LogP contribution in [0.5, 0.6) is 5.75 Å². The summed E-state index contributed by atoms with van der Waals surface area (Å²) in [6, 6.07) is 5.37. The Kier molecular flexibility index (Phi) is 4.62. The van der Waals surface area contributed by atoms with E-state index in [4.69, 9.17) is 0 Å². The number of hydrogen-bond donors (Lipinski definition) is 2. The van der Waals surface area contributed by atoms with Gasteiger partial charge in [-0.25, -0.2) is 0 Å². The highest BCUT2D eigenvalue weighted by atomic mass is 127. The number of amides is 1. The second-order valence-electron chi connectivity index (χ2n) is 4.52. The summed E-state index contributed by atoms with van der Waals surface area (Å²) in [5.41, 5.74) is 2.20. The number of carbonyl (C=O) groups is 1. The van der Waals surface area contributed by atoms with Crippen LogP contribution >= 0.6 is 30.3 Å². The lowest BCUT2D eigenvalue weighted by molar-refractivity contribution is -0.119. The van der Waals surface area contributed by atoms with E-state index in [2.05, 4.69) is 43.6 Å². The number of fused-ring (bicyclic) bond motifs is 1. The molecule has 0 aliphatic rings. The van der Waals surface area contributed by atoms with Crippen molar-refractivity contribution in [3.8, 4) is 5.75 Å². The van der Waals surface area contributed by atoms with Gasteiger partial charge in [-0.15, -0.1) is 0 Å². The fourth-order valence-corrected chi connectivity index (χ4v) is 3.43. The zero-order valence-corrected chi connectivity index (χ0v) is 13.7. The smallest absolute Gasteiger partial charge is 0.216 e. The van der Waals surface area contributed by atoms with E-state index in [0.717, 1.165) is 16.5 Å². The molecule has 1 unspecified atom stereocenters. The van der Waals surface area contributed by atoms with Crippen molar-refractivity contribution in [1.82, 2.24) is 9.29 Å². The molecule has 0 radical (unpaired) electrons. The molecule has 0 aliphatic heterocycles. The number of halogens is 1. The van der Waals surface area contributed by atoms with E-state index in [-0.39, 0.29) is 17.6 Å².